The first-order chi connectivity index (χ1) is 18.7. The van der Waals surface area contributed by atoms with Gasteiger partial charge in [0, 0.05) is 31.5 Å². The lowest BCUT2D eigenvalue weighted by Gasteiger charge is -2.21. The Bertz CT molecular complexity index is 694. The van der Waals surface area contributed by atoms with Crippen molar-refractivity contribution in [3.63, 3.8) is 0 Å². The van der Waals surface area contributed by atoms with Gasteiger partial charge in [0.05, 0.1) is 25.0 Å². The molecule has 0 radical (unpaired) electrons. The van der Waals surface area contributed by atoms with Gasteiger partial charge in [-0.25, -0.2) is 4.79 Å². The molecule has 0 aromatic carbocycles. The van der Waals surface area contributed by atoms with Crippen molar-refractivity contribution in [2.75, 3.05) is 37.9 Å². The number of carbonyl (C=O) groups is 1. The molecule has 2 atom stereocenters. The molecule has 0 aliphatic carbocycles. The normalized spacial score (nSPS) is 16.7. The van der Waals surface area contributed by atoms with Crippen molar-refractivity contribution in [2.24, 2.45) is 5.92 Å². The minimum absolute atomic E-state index is 0. The van der Waals surface area contributed by atoms with E-state index in [-0.39, 0.29) is 42.8 Å². The lowest BCUT2D eigenvalue weighted by Crippen LogP contribution is -2.33. The zero-order valence-corrected chi connectivity index (χ0v) is 27.3. The second kappa shape index (κ2) is 24.8. The molecule has 6 nitrogen and oxygen atoms in total. The Morgan fingerprint density at radius 3 is 1.92 bits per heavy atom. The molecule has 0 saturated carbocycles. The smallest absolute Gasteiger partial charge is 0.414 e. The Morgan fingerprint density at radius 1 is 0.846 bits per heavy atom. The zero-order valence-electron chi connectivity index (χ0n) is 25.0. The van der Waals surface area contributed by atoms with Crippen molar-refractivity contribution in [2.45, 2.75) is 129 Å². The average molecular weight is 661 g/mol. The largest absolute Gasteiger partial charge is 0.446 e. The maximum absolute atomic E-state index is 12.5. The second-order valence-corrected chi connectivity index (χ2v) is 11.0. The summed E-state index contributed by atoms with van der Waals surface area (Å²) in [5.41, 5.74) is 0.792. The van der Waals surface area contributed by atoms with Crippen molar-refractivity contribution in [1.82, 2.24) is 4.98 Å². The van der Waals surface area contributed by atoms with E-state index >= 15 is 0 Å². The van der Waals surface area contributed by atoms with Gasteiger partial charge in [-0.15, -0.1) is 24.0 Å². The summed E-state index contributed by atoms with van der Waals surface area (Å²) in [5, 5.41) is 0. The van der Waals surface area contributed by atoms with Crippen LogP contribution in [0.4, 0.5) is 10.5 Å². The van der Waals surface area contributed by atoms with E-state index in [4.69, 9.17) is 14.2 Å². The summed E-state index contributed by atoms with van der Waals surface area (Å²) >= 11 is 0. The maximum atomic E-state index is 12.5. The Morgan fingerprint density at radius 2 is 1.38 bits per heavy atom. The summed E-state index contributed by atoms with van der Waals surface area (Å²) in [4.78, 5) is 18.1. The zero-order chi connectivity index (χ0) is 27.1. The van der Waals surface area contributed by atoms with Gasteiger partial charge in [-0.1, -0.05) is 103 Å². The Kier molecular flexibility index (Phi) is 23.0. The first-order valence-corrected chi connectivity index (χ1v) is 15.8. The molecule has 0 spiro atoms. The van der Waals surface area contributed by atoms with Crippen LogP contribution in [0, 0.1) is 5.92 Å². The van der Waals surface area contributed by atoms with E-state index in [0.29, 0.717) is 19.1 Å². The lowest BCUT2D eigenvalue weighted by atomic mass is 10.0. The molecule has 2 rings (SSSR count). The van der Waals surface area contributed by atoms with Gasteiger partial charge < -0.3 is 14.2 Å². The van der Waals surface area contributed by atoms with Crippen LogP contribution in [-0.4, -0.2) is 50.2 Å². The molecule has 1 fully saturated rings. The Labute approximate surface area is 256 Å². The number of nitrogens with zero attached hydrogens (tertiary/aromatic N) is 2. The number of ether oxygens (including phenoxy) is 3. The van der Waals surface area contributed by atoms with Crippen molar-refractivity contribution < 1.29 is 19.0 Å². The molecule has 0 N–H and O–H groups in total. The van der Waals surface area contributed by atoms with Gasteiger partial charge in [-0.3, -0.25) is 9.88 Å². The first-order valence-electron chi connectivity index (χ1n) is 15.8. The molecule has 1 amide bonds. The quantitative estimate of drug-likeness (QED) is 0.0865. The van der Waals surface area contributed by atoms with E-state index in [1.807, 2.05) is 19.1 Å². The molecule has 1 aromatic rings. The highest BCUT2D eigenvalue weighted by Crippen LogP contribution is 2.21. The molecule has 0 bridgehead atoms. The van der Waals surface area contributed by atoms with Crippen LogP contribution in [0.1, 0.15) is 123 Å². The fourth-order valence-electron chi connectivity index (χ4n) is 5.20. The molecular weight excluding hydrogens is 603 g/mol. The van der Waals surface area contributed by atoms with Crippen molar-refractivity contribution in [3.05, 3.63) is 24.5 Å². The number of unbranched alkanes of at least 4 members (excludes halogenated alkanes) is 15. The van der Waals surface area contributed by atoms with Gasteiger partial charge in [0.1, 0.15) is 6.61 Å². The van der Waals surface area contributed by atoms with Crippen LogP contribution < -0.4 is 4.90 Å². The van der Waals surface area contributed by atoms with E-state index in [1.54, 1.807) is 17.3 Å². The minimum Gasteiger partial charge on any atom is -0.446 e. The van der Waals surface area contributed by atoms with E-state index in [1.165, 1.54) is 96.3 Å². The SMILES string of the molecule is CCCCCCCCCCCCCCCCCCOC[C@H]1CO[C@H](COC(=O)N(CC)c2ccncc2)C1.I. The summed E-state index contributed by atoms with van der Waals surface area (Å²) in [7, 11) is 0. The monoisotopic (exact) mass is 660 g/mol. The van der Waals surface area contributed by atoms with E-state index in [9.17, 15) is 4.79 Å². The predicted octanol–water partition coefficient (Wildman–Crippen LogP) is 9.35. The highest BCUT2D eigenvalue weighted by molar-refractivity contribution is 14.0. The van der Waals surface area contributed by atoms with Crippen LogP contribution in [0.3, 0.4) is 0 Å². The van der Waals surface area contributed by atoms with Gasteiger partial charge in [0.25, 0.3) is 0 Å². The Hall–Kier alpha value is -0.930. The van der Waals surface area contributed by atoms with Gasteiger partial charge in [-0.2, -0.15) is 0 Å². The number of hydrogen-bond acceptors (Lipinski definition) is 5. The van der Waals surface area contributed by atoms with Crippen LogP contribution in [0.5, 0.6) is 0 Å². The fraction of sp³-hybridized carbons (Fsp3) is 0.812. The molecule has 0 unspecified atom stereocenters. The van der Waals surface area contributed by atoms with Crippen molar-refractivity contribution >= 4 is 35.8 Å². The average Bonchev–Trinajstić information content (AvgIpc) is 3.40. The van der Waals surface area contributed by atoms with Crippen LogP contribution in [0.2, 0.25) is 0 Å². The molecule has 1 aliphatic rings. The van der Waals surface area contributed by atoms with E-state index in [2.05, 4.69) is 11.9 Å². The molecule has 1 saturated heterocycles. The topological polar surface area (TPSA) is 60.9 Å². The lowest BCUT2D eigenvalue weighted by molar-refractivity contribution is 0.0412. The standard InChI is InChI=1S/C32H56N2O4.HI/c1-3-5-6-7-8-9-10-11-12-13-14-15-16-17-18-19-24-36-26-29-25-31(37-27-29)28-38-32(35)34(4-2)30-20-22-33-23-21-30;/h20-23,29,31H,3-19,24-28H2,1-2H3;1H/t29-,31-;/m0./s1. The summed E-state index contributed by atoms with van der Waals surface area (Å²) in [6.07, 6.45) is 26.0. The van der Waals surface area contributed by atoms with E-state index in [0.717, 1.165) is 31.7 Å². The first kappa shape index (κ1) is 36.1. The number of rotatable bonds is 23. The Balaban J connectivity index is 0.00000760. The third kappa shape index (κ3) is 17.5. The number of aromatic nitrogens is 1. The third-order valence-electron chi connectivity index (χ3n) is 7.56. The van der Waals surface area contributed by atoms with Crippen molar-refractivity contribution in [1.29, 1.82) is 0 Å². The summed E-state index contributed by atoms with van der Waals surface area (Å²) in [6, 6.07) is 3.62. The molecule has 226 valence electrons. The third-order valence-corrected chi connectivity index (χ3v) is 7.56. The number of anilines is 1. The van der Waals surface area contributed by atoms with Gasteiger partial charge in [-0.05, 0) is 31.9 Å². The summed E-state index contributed by atoms with van der Waals surface area (Å²) < 4.78 is 17.3. The van der Waals surface area contributed by atoms with Crippen LogP contribution in [0.25, 0.3) is 0 Å². The predicted molar refractivity (Wildman–Crippen MR) is 172 cm³/mol. The van der Waals surface area contributed by atoms with Crippen LogP contribution in [-0.2, 0) is 14.2 Å². The molecule has 1 aliphatic heterocycles. The fourth-order valence-corrected chi connectivity index (χ4v) is 5.20. The number of pyridine rings is 1. The molecular formula is C32H57IN2O4. The van der Waals surface area contributed by atoms with Gasteiger partial charge in [0.15, 0.2) is 0 Å². The highest BCUT2D eigenvalue weighted by atomic mass is 127. The number of carbonyl (C=O) groups excluding carboxylic acids is 1. The minimum atomic E-state index is -0.342. The number of hydrogen-bond donors (Lipinski definition) is 0. The molecule has 2 heterocycles. The molecule has 1 aromatic heterocycles. The van der Waals surface area contributed by atoms with Gasteiger partial charge in [0.2, 0.25) is 0 Å². The number of halogens is 1. The second-order valence-electron chi connectivity index (χ2n) is 11.0. The summed E-state index contributed by atoms with van der Waals surface area (Å²) in [5.74, 6) is 0.391. The van der Waals surface area contributed by atoms with Crippen molar-refractivity contribution in [3.8, 4) is 0 Å². The summed E-state index contributed by atoms with van der Waals surface area (Å²) in [6.45, 7) is 7.31. The van der Waals surface area contributed by atoms with Gasteiger partial charge >= 0.3 is 6.09 Å². The number of amides is 1. The van der Waals surface area contributed by atoms with Crippen LogP contribution >= 0.6 is 24.0 Å². The van der Waals surface area contributed by atoms with Crippen LogP contribution in [0.15, 0.2) is 24.5 Å². The maximum Gasteiger partial charge on any atom is 0.414 e. The van der Waals surface area contributed by atoms with E-state index < -0.39 is 0 Å². The molecule has 39 heavy (non-hydrogen) atoms. The molecule has 7 heteroatoms. The highest BCUT2D eigenvalue weighted by Gasteiger charge is 2.27.